The van der Waals surface area contributed by atoms with Gasteiger partial charge in [0, 0.05) is 0 Å². The van der Waals surface area contributed by atoms with Crippen molar-refractivity contribution in [2.45, 2.75) is 12.8 Å². The van der Waals surface area contributed by atoms with Crippen molar-refractivity contribution in [2.24, 2.45) is 5.92 Å². The van der Waals surface area contributed by atoms with E-state index < -0.39 is 0 Å². The zero-order valence-electron chi connectivity index (χ0n) is 9.62. The third-order valence-corrected chi connectivity index (χ3v) is 5.12. The van der Waals surface area contributed by atoms with E-state index in [4.69, 9.17) is 0 Å². The molecule has 1 atom stereocenters. The molecule has 2 nitrogen and oxygen atoms in total. The van der Waals surface area contributed by atoms with Gasteiger partial charge in [-0.1, -0.05) is 0 Å². The van der Waals surface area contributed by atoms with E-state index in [9.17, 15) is 0 Å². The summed E-state index contributed by atoms with van der Waals surface area (Å²) in [4.78, 5) is 0. The van der Waals surface area contributed by atoms with Crippen molar-refractivity contribution >= 4 is 9.59 Å². The van der Waals surface area contributed by atoms with Gasteiger partial charge in [0.15, 0.2) is 0 Å². The molecule has 1 heterocycles. The van der Waals surface area contributed by atoms with Crippen LogP contribution in [0.3, 0.4) is 0 Å². The van der Waals surface area contributed by atoms with Gasteiger partial charge in [0.2, 0.25) is 0 Å². The molecule has 1 fully saturated rings. The van der Waals surface area contributed by atoms with Crippen molar-refractivity contribution in [1.29, 1.82) is 0 Å². The van der Waals surface area contributed by atoms with Crippen LogP contribution in [0.15, 0.2) is 24.3 Å². The molecule has 0 aromatic heterocycles. The average molecular weight is 386 g/mol. The molecule has 16 heavy (non-hydrogen) atoms. The van der Waals surface area contributed by atoms with Crippen LogP contribution >= 0.6 is 0 Å². The number of benzene rings is 1. The summed E-state index contributed by atoms with van der Waals surface area (Å²) in [6.45, 7) is 2.34. The fourth-order valence-corrected chi connectivity index (χ4v) is 3.57. The molecule has 0 bridgehead atoms. The standard InChI is InChI=1S/C13H18N2.W/c1-14-13-7-3-2-6-12(13)9-11-5-4-8-15-10-11;/h2-3,6-7,11,14-15H,4-5,8,10H2,1H3;. The summed E-state index contributed by atoms with van der Waals surface area (Å²) in [6, 6.07) is 8.63. The van der Waals surface area contributed by atoms with Gasteiger partial charge in [-0.15, -0.1) is 0 Å². The topological polar surface area (TPSA) is 24.1 Å². The van der Waals surface area contributed by atoms with Crippen LogP contribution in [0, 0.1) is 5.92 Å². The minimum absolute atomic E-state index is 0.734. The number of piperidine rings is 1. The molecule has 1 aliphatic heterocycles. The zero-order valence-corrected chi connectivity index (χ0v) is 12.6. The molecule has 3 heteroatoms. The van der Waals surface area contributed by atoms with E-state index in [-0.39, 0.29) is 0 Å². The molecule has 1 aromatic rings. The predicted molar refractivity (Wildman–Crippen MR) is 65.7 cm³/mol. The number of rotatable bonds is 3. The summed E-state index contributed by atoms with van der Waals surface area (Å²) in [5, 5.41) is 6.78. The summed E-state index contributed by atoms with van der Waals surface area (Å²) in [5.74, 6) is 0.734. The third kappa shape index (κ3) is 2.61. The second kappa shape index (κ2) is 5.74. The van der Waals surface area contributed by atoms with Crippen LogP contribution in [0.2, 0.25) is 0 Å². The van der Waals surface area contributed by atoms with Gasteiger partial charge in [-0.25, -0.2) is 0 Å². The number of anilines is 1. The van der Waals surface area contributed by atoms with Gasteiger partial charge >= 0.3 is 108 Å². The summed E-state index contributed by atoms with van der Waals surface area (Å²) in [5.41, 5.74) is 2.67. The van der Waals surface area contributed by atoms with Crippen molar-refractivity contribution in [1.82, 2.24) is 5.32 Å². The van der Waals surface area contributed by atoms with Crippen molar-refractivity contribution in [2.75, 3.05) is 25.5 Å². The van der Waals surface area contributed by atoms with Crippen LogP contribution in [0.5, 0.6) is 0 Å². The molecule has 0 amide bonds. The van der Waals surface area contributed by atoms with Crippen LogP contribution in [-0.2, 0) is 19.4 Å². The van der Waals surface area contributed by atoms with Crippen LogP contribution in [-0.4, -0.2) is 24.0 Å². The second-order valence-electron chi connectivity index (χ2n) is 4.20. The maximum atomic E-state index is 3.50. The van der Waals surface area contributed by atoms with Crippen LogP contribution < -0.4 is 10.6 Å². The van der Waals surface area contributed by atoms with E-state index in [0.29, 0.717) is 0 Å². The average Bonchev–Trinajstić information content (AvgIpc) is 2.39. The molecule has 1 aromatic carbocycles. The minimum atomic E-state index is 0.734. The second-order valence-corrected chi connectivity index (χ2v) is 5.78. The molecule has 1 unspecified atom stereocenters. The van der Waals surface area contributed by atoms with Crippen molar-refractivity contribution < 1.29 is 19.4 Å². The van der Waals surface area contributed by atoms with E-state index in [1.807, 2.05) is 7.05 Å². The first-order valence-electron chi connectivity index (χ1n) is 5.84. The van der Waals surface area contributed by atoms with E-state index in [1.54, 1.807) is 23.3 Å². The van der Waals surface area contributed by atoms with Crippen LogP contribution in [0.4, 0.5) is 5.69 Å². The van der Waals surface area contributed by atoms with Crippen LogP contribution in [0.1, 0.15) is 18.4 Å². The summed E-state index contributed by atoms with van der Waals surface area (Å²) in [7, 11) is 2.00. The quantitative estimate of drug-likeness (QED) is 0.828. The molecule has 86 valence electrons. The van der Waals surface area contributed by atoms with Gasteiger partial charge in [0.1, 0.15) is 0 Å². The van der Waals surface area contributed by atoms with Crippen molar-refractivity contribution in [3.8, 4) is 0 Å². The summed E-state index contributed by atoms with van der Waals surface area (Å²) in [6.07, 6.45) is 2.65. The first kappa shape index (κ1) is 12.0. The number of nitrogens with one attached hydrogen (secondary N) is 2. The Morgan fingerprint density at radius 3 is 2.94 bits per heavy atom. The monoisotopic (exact) mass is 386 g/mol. The number of hydrogen-bond acceptors (Lipinski definition) is 2. The maximum absolute atomic E-state index is 3.50. The molecule has 0 saturated carbocycles. The Labute approximate surface area is 108 Å². The van der Waals surface area contributed by atoms with Gasteiger partial charge in [0.05, 0.1) is 0 Å². The molecule has 2 N–H and O–H groups in total. The Morgan fingerprint density at radius 1 is 1.44 bits per heavy atom. The molecular formula is C13H18N2W. The Morgan fingerprint density at radius 2 is 2.25 bits per heavy atom. The van der Waals surface area contributed by atoms with Gasteiger partial charge in [0.25, 0.3) is 0 Å². The zero-order chi connectivity index (χ0) is 11.4. The number of para-hydroxylation sites is 1. The molecule has 1 aliphatic rings. The van der Waals surface area contributed by atoms with E-state index in [2.05, 4.69) is 34.9 Å². The van der Waals surface area contributed by atoms with Crippen LogP contribution in [0.25, 0.3) is 0 Å². The fourth-order valence-electron chi connectivity index (χ4n) is 2.21. The summed E-state index contributed by atoms with van der Waals surface area (Å²) < 4.78 is 1.59. The third-order valence-electron chi connectivity index (χ3n) is 3.13. The van der Waals surface area contributed by atoms with Gasteiger partial charge < -0.3 is 0 Å². The molecule has 0 radical (unpaired) electrons. The Hall–Kier alpha value is -0.462. The van der Waals surface area contributed by atoms with Gasteiger partial charge in [-0.2, -0.15) is 0 Å². The molecule has 0 spiro atoms. The Kier molecular flexibility index (Phi) is 4.31. The Balaban J connectivity index is 2.19. The normalized spacial score (nSPS) is 20.4. The molecule has 1 saturated heterocycles. The fraction of sp³-hybridized carbons (Fsp3) is 0.462. The van der Waals surface area contributed by atoms with Gasteiger partial charge in [-0.3, -0.25) is 0 Å². The van der Waals surface area contributed by atoms with E-state index >= 15 is 0 Å². The van der Waals surface area contributed by atoms with Gasteiger partial charge in [-0.05, 0) is 0 Å². The van der Waals surface area contributed by atoms with Crippen molar-refractivity contribution in [3.63, 3.8) is 0 Å². The number of hydrogen-bond donors (Lipinski definition) is 2. The first-order valence-corrected chi connectivity index (χ1v) is 7.31. The van der Waals surface area contributed by atoms with Crippen molar-refractivity contribution in [3.05, 3.63) is 29.8 Å². The van der Waals surface area contributed by atoms with E-state index in [1.165, 1.54) is 30.6 Å². The first-order chi connectivity index (χ1) is 7.83. The SMILES string of the molecule is CNc1ccccc1[C](=[W])C1CCCNC1. The predicted octanol–water partition coefficient (Wildman–Crippen LogP) is 1.80. The Bertz CT molecular complexity index is 370. The molecule has 0 aliphatic carbocycles. The molecular weight excluding hydrogens is 368 g/mol. The molecule has 2 rings (SSSR count). The van der Waals surface area contributed by atoms with E-state index in [0.717, 1.165) is 12.5 Å². The summed E-state index contributed by atoms with van der Waals surface area (Å²) >= 11 is 1.60.